The van der Waals surface area contributed by atoms with Gasteiger partial charge in [-0.3, -0.25) is 4.57 Å². The SMILES string of the molecule is CC1(C)c2ccccc2-c2cc3c(cc21)c1cc2ccccc2cc1n3-c1nc2ccccc2s1. The Balaban J connectivity index is 1.56. The van der Waals surface area contributed by atoms with E-state index in [9.17, 15) is 0 Å². The van der Waals surface area contributed by atoms with Crippen molar-refractivity contribution in [1.29, 1.82) is 0 Å². The van der Waals surface area contributed by atoms with E-state index in [-0.39, 0.29) is 5.41 Å². The first-order chi connectivity index (χ1) is 17.1. The van der Waals surface area contributed by atoms with Crippen LogP contribution in [-0.2, 0) is 5.41 Å². The number of aromatic nitrogens is 2. The Kier molecular flexibility index (Phi) is 3.64. The predicted molar refractivity (Wildman–Crippen MR) is 149 cm³/mol. The molecule has 7 aromatic rings. The van der Waals surface area contributed by atoms with Crippen molar-refractivity contribution in [2.24, 2.45) is 0 Å². The highest BCUT2D eigenvalue weighted by Gasteiger charge is 2.36. The molecule has 2 heterocycles. The summed E-state index contributed by atoms with van der Waals surface area (Å²) in [5, 5.41) is 6.12. The molecule has 2 aromatic heterocycles. The highest BCUT2D eigenvalue weighted by atomic mass is 32.1. The lowest BCUT2D eigenvalue weighted by Crippen LogP contribution is -2.14. The molecule has 2 nitrogen and oxygen atoms in total. The van der Waals surface area contributed by atoms with E-state index in [0.29, 0.717) is 0 Å². The van der Waals surface area contributed by atoms with E-state index in [2.05, 4.69) is 115 Å². The van der Waals surface area contributed by atoms with Crippen molar-refractivity contribution in [1.82, 2.24) is 9.55 Å². The molecule has 1 aliphatic rings. The van der Waals surface area contributed by atoms with Gasteiger partial charge in [-0.2, -0.15) is 0 Å². The number of hydrogen-bond acceptors (Lipinski definition) is 2. The zero-order valence-electron chi connectivity index (χ0n) is 19.5. The topological polar surface area (TPSA) is 17.8 Å². The van der Waals surface area contributed by atoms with Crippen LogP contribution in [0.5, 0.6) is 0 Å². The van der Waals surface area contributed by atoms with E-state index in [1.165, 1.54) is 59.5 Å². The Morgan fingerprint density at radius 2 is 1.34 bits per heavy atom. The molecule has 5 aromatic carbocycles. The molecule has 0 radical (unpaired) electrons. The maximum Gasteiger partial charge on any atom is 0.195 e. The second-order valence-electron chi connectivity index (χ2n) is 10.1. The fourth-order valence-electron chi connectivity index (χ4n) is 6.06. The lowest BCUT2D eigenvalue weighted by atomic mass is 9.82. The fourth-order valence-corrected chi connectivity index (χ4v) is 7.05. The molecule has 0 aliphatic heterocycles. The second-order valence-corrected chi connectivity index (χ2v) is 11.1. The Morgan fingerprint density at radius 3 is 2.20 bits per heavy atom. The van der Waals surface area contributed by atoms with E-state index < -0.39 is 0 Å². The minimum atomic E-state index is -0.0265. The van der Waals surface area contributed by atoms with Crippen LogP contribution < -0.4 is 0 Å². The summed E-state index contributed by atoms with van der Waals surface area (Å²) in [5.74, 6) is 0. The van der Waals surface area contributed by atoms with Gasteiger partial charge in [0.2, 0.25) is 0 Å². The predicted octanol–water partition coefficient (Wildman–Crippen LogP) is 8.85. The zero-order valence-corrected chi connectivity index (χ0v) is 20.4. The van der Waals surface area contributed by atoms with Crippen molar-refractivity contribution in [2.75, 3.05) is 0 Å². The van der Waals surface area contributed by atoms with Gasteiger partial charge in [-0.05, 0) is 69.4 Å². The molecule has 3 heteroatoms. The summed E-state index contributed by atoms with van der Waals surface area (Å²) in [5.41, 5.74) is 8.96. The number of hydrogen-bond donors (Lipinski definition) is 0. The molecular formula is C32H22N2S. The number of thiazole rings is 1. The van der Waals surface area contributed by atoms with Crippen LogP contribution in [0.15, 0.2) is 97.1 Å². The summed E-state index contributed by atoms with van der Waals surface area (Å²) >= 11 is 1.76. The van der Waals surface area contributed by atoms with Crippen LogP contribution in [0.4, 0.5) is 0 Å². The van der Waals surface area contributed by atoms with Gasteiger partial charge in [0, 0.05) is 16.2 Å². The van der Waals surface area contributed by atoms with Crippen molar-refractivity contribution in [2.45, 2.75) is 19.3 Å². The molecule has 8 rings (SSSR count). The summed E-state index contributed by atoms with van der Waals surface area (Å²) < 4.78 is 3.60. The van der Waals surface area contributed by atoms with E-state index >= 15 is 0 Å². The summed E-state index contributed by atoms with van der Waals surface area (Å²) in [6.45, 7) is 4.71. The van der Waals surface area contributed by atoms with Gasteiger partial charge in [-0.15, -0.1) is 0 Å². The van der Waals surface area contributed by atoms with Crippen LogP contribution >= 0.6 is 11.3 Å². The molecule has 0 saturated carbocycles. The number of fused-ring (bicyclic) bond motifs is 8. The number of benzene rings is 5. The van der Waals surface area contributed by atoms with E-state index in [0.717, 1.165) is 10.6 Å². The van der Waals surface area contributed by atoms with Crippen molar-refractivity contribution >= 4 is 54.1 Å². The van der Waals surface area contributed by atoms with Gasteiger partial charge < -0.3 is 0 Å². The number of nitrogens with zero attached hydrogens (tertiary/aromatic N) is 2. The fraction of sp³-hybridized carbons (Fsp3) is 0.0938. The number of rotatable bonds is 1. The van der Waals surface area contributed by atoms with Gasteiger partial charge in [0.05, 0.1) is 21.3 Å². The van der Waals surface area contributed by atoms with Crippen LogP contribution in [-0.4, -0.2) is 9.55 Å². The van der Waals surface area contributed by atoms with Gasteiger partial charge in [0.25, 0.3) is 0 Å². The molecule has 0 spiro atoms. The van der Waals surface area contributed by atoms with Gasteiger partial charge >= 0.3 is 0 Å². The van der Waals surface area contributed by atoms with Crippen LogP contribution in [0, 0.1) is 0 Å². The summed E-state index contributed by atoms with van der Waals surface area (Å²) in [7, 11) is 0. The first-order valence-corrected chi connectivity index (χ1v) is 12.9. The molecule has 0 unspecified atom stereocenters. The van der Waals surface area contributed by atoms with Crippen LogP contribution in [0.3, 0.4) is 0 Å². The van der Waals surface area contributed by atoms with Crippen LogP contribution in [0.2, 0.25) is 0 Å². The first kappa shape index (κ1) is 19.4. The maximum atomic E-state index is 5.08. The number of para-hydroxylation sites is 1. The third-order valence-corrected chi connectivity index (χ3v) is 8.83. The third-order valence-electron chi connectivity index (χ3n) is 7.81. The molecule has 166 valence electrons. The van der Waals surface area contributed by atoms with E-state index in [1.54, 1.807) is 11.3 Å². The molecule has 0 fully saturated rings. The quantitative estimate of drug-likeness (QED) is 0.236. The average Bonchev–Trinajstić information content (AvgIpc) is 3.50. The summed E-state index contributed by atoms with van der Waals surface area (Å²) in [6, 6.07) is 35.5. The smallest absolute Gasteiger partial charge is 0.195 e. The molecule has 0 atom stereocenters. The van der Waals surface area contributed by atoms with Crippen molar-refractivity contribution in [3.05, 3.63) is 108 Å². The minimum absolute atomic E-state index is 0.0265. The first-order valence-electron chi connectivity index (χ1n) is 12.1. The summed E-state index contributed by atoms with van der Waals surface area (Å²) in [4.78, 5) is 5.08. The lowest BCUT2D eigenvalue weighted by molar-refractivity contribution is 0.661. The van der Waals surface area contributed by atoms with Gasteiger partial charge in [-0.1, -0.05) is 85.8 Å². The van der Waals surface area contributed by atoms with Crippen molar-refractivity contribution < 1.29 is 0 Å². The largest absolute Gasteiger partial charge is 0.285 e. The highest BCUT2D eigenvalue weighted by molar-refractivity contribution is 7.20. The zero-order chi connectivity index (χ0) is 23.3. The monoisotopic (exact) mass is 466 g/mol. The van der Waals surface area contributed by atoms with Crippen molar-refractivity contribution in [3.63, 3.8) is 0 Å². The molecule has 35 heavy (non-hydrogen) atoms. The maximum absolute atomic E-state index is 5.08. The molecular weight excluding hydrogens is 444 g/mol. The minimum Gasteiger partial charge on any atom is -0.285 e. The Hall–Kier alpha value is -3.95. The average molecular weight is 467 g/mol. The Bertz CT molecular complexity index is 1950. The van der Waals surface area contributed by atoms with E-state index in [4.69, 9.17) is 4.98 Å². The Labute approximate surface area is 207 Å². The van der Waals surface area contributed by atoms with Gasteiger partial charge in [0.15, 0.2) is 5.13 Å². The van der Waals surface area contributed by atoms with Gasteiger partial charge in [0.1, 0.15) is 0 Å². The highest BCUT2D eigenvalue weighted by Crippen LogP contribution is 2.51. The molecule has 0 amide bonds. The molecule has 0 N–H and O–H groups in total. The van der Waals surface area contributed by atoms with Crippen LogP contribution in [0.1, 0.15) is 25.0 Å². The third kappa shape index (κ3) is 2.51. The molecule has 0 saturated heterocycles. The standard InChI is InChI=1S/C32H22N2S/c1-32(2)25-12-6-5-11-21(25)22-18-29-24(17-26(22)32)23-15-19-9-3-4-10-20(19)16-28(23)34(29)31-33-27-13-7-8-14-30(27)35-31/h3-18H,1-2H3. The Morgan fingerprint density at radius 1 is 0.657 bits per heavy atom. The van der Waals surface area contributed by atoms with Crippen LogP contribution in [0.25, 0.3) is 59.1 Å². The summed E-state index contributed by atoms with van der Waals surface area (Å²) in [6.07, 6.45) is 0. The molecule has 0 bridgehead atoms. The van der Waals surface area contributed by atoms with Gasteiger partial charge in [-0.25, -0.2) is 4.98 Å². The second kappa shape index (κ2) is 6.59. The lowest BCUT2D eigenvalue weighted by Gasteiger charge is -2.21. The normalized spacial score (nSPS) is 14.2. The van der Waals surface area contributed by atoms with Crippen molar-refractivity contribution in [3.8, 4) is 16.3 Å². The van der Waals surface area contributed by atoms with E-state index in [1.807, 2.05) is 0 Å². The molecule has 1 aliphatic carbocycles.